The molecular formula is C12H17NO4S. The van der Waals surface area contributed by atoms with E-state index >= 15 is 0 Å². The molecule has 6 heteroatoms. The first-order valence-corrected chi connectivity index (χ1v) is 6.91. The van der Waals surface area contributed by atoms with Crippen LogP contribution in [0.5, 0.6) is 0 Å². The molecule has 1 fully saturated rings. The van der Waals surface area contributed by atoms with E-state index in [0.717, 1.165) is 0 Å². The van der Waals surface area contributed by atoms with Crippen LogP contribution in [0.3, 0.4) is 0 Å². The van der Waals surface area contributed by atoms with Crippen LogP contribution in [0.1, 0.15) is 33.1 Å². The number of likely N-dealkylation sites (tertiary alicyclic amines) is 1. The fraction of sp³-hybridized carbons (Fsp3) is 0.667. The van der Waals surface area contributed by atoms with Gasteiger partial charge in [0.2, 0.25) is 11.8 Å². The number of hydrogen-bond acceptors (Lipinski definition) is 5. The van der Waals surface area contributed by atoms with Crippen LogP contribution in [0.2, 0.25) is 0 Å². The Morgan fingerprint density at radius 2 is 1.94 bits per heavy atom. The Bertz CT molecular complexity index is 380. The number of ketones is 2. The lowest BCUT2D eigenvalue weighted by atomic mass is 10.2. The maximum atomic E-state index is 11.9. The summed E-state index contributed by atoms with van der Waals surface area (Å²) in [5.41, 5.74) is 0. The smallest absolute Gasteiger partial charge is 0.242 e. The molecule has 1 unspecified atom stereocenters. The van der Waals surface area contributed by atoms with Gasteiger partial charge in [-0.25, -0.2) is 0 Å². The van der Waals surface area contributed by atoms with Crippen LogP contribution in [0.4, 0.5) is 0 Å². The van der Waals surface area contributed by atoms with Gasteiger partial charge in [-0.3, -0.25) is 19.3 Å². The molecule has 0 aromatic carbocycles. The summed E-state index contributed by atoms with van der Waals surface area (Å²) >= 11 is 1.22. The van der Waals surface area contributed by atoms with Crippen molar-refractivity contribution < 1.29 is 19.2 Å². The van der Waals surface area contributed by atoms with Crippen molar-refractivity contribution in [2.75, 3.05) is 12.3 Å². The highest BCUT2D eigenvalue weighted by molar-refractivity contribution is 8.01. The molecule has 0 saturated carbocycles. The Balaban J connectivity index is 2.45. The number of thioether (sulfide) groups is 1. The molecule has 1 aliphatic rings. The lowest BCUT2D eigenvalue weighted by Crippen LogP contribution is -2.32. The van der Waals surface area contributed by atoms with E-state index in [1.54, 1.807) is 0 Å². The standard InChI is InChI=1S/C12H17NO4S/c1-8(14)4-3-5-13-11(16)6-10(12(13)17)18-7-9(2)15/h10H,3-7H2,1-2H3. The average Bonchev–Trinajstić information content (AvgIpc) is 2.53. The lowest BCUT2D eigenvalue weighted by Gasteiger charge is -2.13. The van der Waals surface area contributed by atoms with Crippen molar-refractivity contribution in [2.24, 2.45) is 0 Å². The second kappa shape index (κ2) is 6.68. The van der Waals surface area contributed by atoms with Crippen LogP contribution in [0.25, 0.3) is 0 Å². The highest BCUT2D eigenvalue weighted by Crippen LogP contribution is 2.25. The molecule has 0 N–H and O–H groups in total. The van der Waals surface area contributed by atoms with E-state index in [2.05, 4.69) is 0 Å². The summed E-state index contributed by atoms with van der Waals surface area (Å²) in [5, 5.41) is -0.432. The Labute approximate surface area is 110 Å². The molecule has 18 heavy (non-hydrogen) atoms. The third kappa shape index (κ3) is 4.25. The minimum Gasteiger partial charge on any atom is -0.300 e. The second-order valence-electron chi connectivity index (χ2n) is 4.39. The van der Waals surface area contributed by atoms with Crippen molar-refractivity contribution in [3.8, 4) is 0 Å². The van der Waals surface area contributed by atoms with E-state index in [9.17, 15) is 19.2 Å². The van der Waals surface area contributed by atoms with Crippen molar-refractivity contribution in [1.82, 2.24) is 4.90 Å². The molecule has 1 aliphatic heterocycles. The minimum absolute atomic E-state index is 0.00437. The number of hydrogen-bond donors (Lipinski definition) is 0. The summed E-state index contributed by atoms with van der Waals surface area (Å²) in [6.45, 7) is 3.24. The van der Waals surface area contributed by atoms with Gasteiger partial charge in [0.15, 0.2) is 0 Å². The van der Waals surface area contributed by atoms with E-state index in [1.807, 2.05) is 0 Å². The van der Waals surface area contributed by atoms with Crippen molar-refractivity contribution in [3.63, 3.8) is 0 Å². The van der Waals surface area contributed by atoms with Gasteiger partial charge in [-0.2, -0.15) is 0 Å². The molecule has 0 aromatic heterocycles. The van der Waals surface area contributed by atoms with Gasteiger partial charge in [-0.15, -0.1) is 11.8 Å². The van der Waals surface area contributed by atoms with Crippen LogP contribution in [0.15, 0.2) is 0 Å². The van der Waals surface area contributed by atoms with Gasteiger partial charge in [0.1, 0.15) is 11.6 Å². The molecule has 5 nitrogen and oxygen atoms in total. The molecule has 1 saturated heterocycles. The Morgan fingerprint density at radius 3 is 2.50 bits per heavy atom. The molecule has 1 rings (SSSR count). The first-order chi connectivity index (χ1) is 8.41. The number of carbonyl (C=O) groups is 4. The van der Waals surface area contributed by atoms with Gasteiger partial charge < -0.3 is 4.79 Å². The van der Waals surface area contributed by atoms with Gasteiger partial charge >= 0.3 is 0 Å². The molecule has 0 aliphatic carbocycles. The molecule has 2 amide bonds. The zero-order valence-electron chi connectivity index (χ0n) is 10.6. The highest BCUT2D eigenvalue weighted by Gasteiger charge is 2.38. The molecule has 0 radical (unpaired) electrons. The zero-order valence-corrected chi connectivity index (χ0v) is 11.4. The fourth-order valence-electron chi connectivity index (χ4n) is 1.72. The molecule has 1 heterocycles. The van der Waals surface area contributed by atoms with Crippen LogP contribution >= 0.6 is 11.8 Å². The van der Waals surface area contributed by atoms with Crippen molar-refractivity contribution in [1.29, 1.82) is 0 Å². The van der Waals surface area contributed by atoms with Gasteiger partial charge in [0.05, 0.1) is 11.0 Å². The van der Waals surface area contributed by atoms with E-state index in [-0.39, 0.29) is 35.6 Å². The number of imide groups is 1. The largest absolute Gasteiger partial charge is 0.300 e. The summed E-state index contributed by atoms with van der Waals surface area (Å²) in [6.07, 6.45) is 1.05. The monoisotopic (exact) mass is 271 g/mol. The quantitative estimate of drug-likeness (QED) is 0.641. The summed E-state index contributed by atoms with van der Waals surface area (Å²) in [6, 6.07) is 0. The van der Waals surface area contributed by atoms with Crippen LogP contribution < -0.4 is 0 Å². The van der Waals surface area contributed by atoms with Crippen LogP contribution in [-0.2, 0) is 19.2 Å². The predicted octanol–water partition coefficient (Wildman–Crippen LogP) is 0.805. The van der Waals surface area contributed by atoms with Crippen molar-refractivity contribution >= 4 is 35.1 Å². The lowest BCUT2D eigenvalue weighted by molar-refractivity contribution is -0.138. The topological polar surface area (TPSA) is 71.5 Å². The van der Waals surface area contributed by atoms with Gasteiger partial charge in [-0.05, 0) is 20.3 Å². The Hall–Kier alpha value is -1.17. The van der Waals surface area contributed by atoms with Crippen LogP contribution in [-0.4, -0.2) is 45.8 Å². The van der Waals surface area contributed by atoms with Gasteiger partial charge in [-0.1, -0.05) is 0 Å². The normalized spacial score (nSPS) is 19.4. The van der Waals surface area contributed by atoms with E-state index in [1.165, 1.54) is 30.5 Å². The maximum Gasteiger partial charge on any atom is 0.242 e. The number of carbonyl (C=O) groups excluding carboxylic acids is 4. The molecular weight excluding hydrogens is 254 g/mol. The van der Waals surface area contributed by atoms with E-state index in [0.29, 0.717) is 19.4 Å². The van der Waals surface area contributed by atoms with Crippen molar-refractivity contribution in [3.05, 3.63) is 0 Å². The van der Waals surface area contributed by atoms with Crippen molar-refractivity contribution in [2.45, 2.75) is 38.4 Å². The SMILES string of the molecule is CC(=O)CCCN1C(=O)CC(SCC(C)=O)C1=O. The average molecular weight is 271 g/mol. The zero-order chi connectivity index (χ0) is 13.7. The minimum atomic E-state index is -0.432. The van der Waals surface area contributed by atoms with E-state index < -0.39 is 5.25 Å². The summed E-state index contributed by atoms with van der Waals surface area (Å²) < 4.78 is 0. The summed E-state index contributed by atoms with van der Waals surface area (Å²) in [7, 11) is 0. The van der Waals surface area contributed by atoms with Gasteiger partial charge in [0.25, 0.3) is 0 Å². The van der Waals surface area contributed by atoms with Gasteiger partial charge in [0, 0.05) is 19.4 Å². The predicted molar refractivity (Wildman–Crippen MR) is 68.2 cm³/mol. The highest BCUT2D eigenvalue weighted by atomic mass is 32.2. The third-order valence-electron chi connectivity index (χ3n) is 2.60. The number of nitrogens with zero attached hydrogens (tertiary/aromatic N) is 1. The molecule has 0 spiro atoms. The number of rotatable bonds is 7. The number of Topliss-reactive ketones (excluding diaryl/α,β-unsaturated/α-hetero) is 2. The Kier molecular flexibility index (Phi) is 5.53. The maximum absolute atomic E-state index is 11.9. The third-order valence-corrected chi connectivity index (χ3v) is 3.94. The molecule has 0 bridgehead atoms. The first kappa shape index (κ1) is 14.9. The molecule has 1 atom stereocenters. The fourth-order valence-corrected chi connectivity index (χ4v) is 2.69. The second-order valence-corrected chi connectivity index (χ2v) is 5.59. The molecule has 0 aromatic rings. The summed E-state index contributed by atoms with van der Waals surface area (Å²) in [5.74, 6) is -0.128. The van der Waals surface area contributed by atoms with Crippen LogP contribution in [0, 0.1) is 0 Å². The first-order valence-electron chi connectivity index (χ1n) is 5.86. The summed E-state index contributed by atoms with van der Waals surface area (Å²) in [4.78, 5) is 46.4. The molecule has 100 valence electrons. The Morgan fingerprint density at radius 1 is 1.28 bits per heavy atom. The number of amides is 2. The van der Waals surface area contributed by atoms with E-state index in [4.69, 9.17) is 0 Å².